The number of methoxy groups -OCH3 is 1. The molecule has 0 aromatic heterocycles. The van der Waals surface area contributed by atoms with Gasteiger partial charge in [0.15, 0.2) is 0 Å². The molecule has 0 radical (unpaired) electrons. The van der Waals surface area contributed by atoms with Gasteiger partial charge in [-0.25, -0.2) is 0 Å². The third-order valence-corrected chi connectivity index (χ3v) is 9.08. The van der Waals surface area contributed by atoms with Crippen LogP contribution in [0.5, 0.6) is 5.75 Å². The number of rotatable bonds is 8. The number of nitrogens with zero attached hydrogens (tertiary/aromatic N) is 3. The molecule has 2 aliphatic heterocycles. The zero-order valence-electron chi connectivity index (χ0n) is 26.0. The summed E-state index contributed by atoms with van der Waals surface area (Å²) in [5, 5.41) is 6.27. The molecule has 5 rings (SSSR count). The molecule has 43 heavy (non-hydrogen) atoms. The lowest BCUT2D eigenvalue weighted by molar-refractivity contribution is -0.132. The fourth-order valence-corrected chi connectivity index (χ4v) is 6.23. The first-order chi connectivity index (χ1) is 20.8. The highest BCUT2D eigenvalue weighted by Gasteiger charge is 2.30. The molecule has 9 heteroatoms. The Bertz CT molecular complexity index is 1270. The number of hydrogen-bond acceptors (Lipinski definition) is 6. The van der Waals surface area contributed by atoms with Crippen molar-refractivity contribution in [2.75, 3.05) is 53.4 Å². The van der Waals surface area contributed by atoms with Crippen LogP contribution in [0, 0.1) is 5.92 Å². The van der Waals surface area contributed by atoms with E-state index in [1.165, 1.54) is 5.57 Å². The highest BCUT2D eigenvalue weighted by Crippen LogP contribution is 2.31. The molecule has 1 aromatic carbocycles. The van der Waals surface area contributed by atoms with Crippen molar-refractivity contribution in [1.29, 1.82) is 0 Å². The van der Waals surface area contributed by atoms with E-state index in [4.69, 9.17) is 4.74 Å². The van der Waals surface area contributed by atoms with Crippen LogP contribution in [-0.4, -0.2) is 91.9 Å². The molecule has 0 spiro atoms. The van der Waals surface area contributed by atoms with E-state index >= 15 is 0 Å². The van der Waals surface area contributed by atoms with Crippen molar-refractivity contribution < 1.29 is 19.1 Å². The van der Waals surface area contributed by atoms with Crippen molar-refractivity contribution in [2.24, 2.45) is 5.92 Å². The molecule has 0 unspecified atom stereocenters. The summed E-state index contributed by atoms with van der Waals surface area (Å²) in [6.45, 7) is 7.36. The fourth-order valence-electron chi connectivity index (χ4n) is 6.23. The second kappa shape index (κ2) is 14.3. The molecule has 1 saturated carbocycles. The SMILES string of the molecule is COc1ccc(C(=O)NC2=CC(C(=O)NC3CC3)=CCCC(C)=C2N2CCC(CC(=O)N3CCCN(C)CC3)CC2)cc1. The number of carbonyl (C=O) groups excluding carboxylic acids is 3. The van der Waals surface area contributed by atoms with Gasteiger partial charge >= 0.3 is 0 Å². The lowest BCUT2D eigenvalue weighted by Gasteiger charge is -2.38. The number of amides is 3. The molecule has 3 fully saturated rings. The Labute approximate surface area is 256 Å². The van der Waals surface area contributed by atoms with Gasteiger partial charge in [0.25, 0.3) is 11.8 Å². The monoisotopic (exact) mass is 589 g/mol. The van der Waals surface area contributed by atoms with Crippen molar-refractivity contribution in [3.8, 4) is 5.75 Å². The number of likely N-dealkylation sites (N-methyl/N-ethyl adjacent to an activating group) is 1. The second-order valence-corrected chi connectivity index (χ2v) is 12.5. The van der Waals surface area contributed by atoms with Gasteiger partial charge in [0.1, 0.15) is 5.75 Å². The molecule has 2 saturated heterocycles. The van der Waals surface area contributed by atoms with E-state index in [2.05, 4.69) is 34.4 Å². The summed E-state index contributed by atoms with van der Waals surface area (Å²) in [5.74, 6) is 0.990. The van der Waals surface area contributed by atoms with Crippen LogP contribution in [-0.2, 0) is 9.59 Å². The first kappa shape index (κ1) is 30.9. The fraction of sp³-hybridized carbons (Fsp3) is 0.559. The third-order valence-electron chi connectivity index (χ3n) is 9.08. The zero-order valence-corrected chi connectivity index (χ0v) is 26.0. The van der Waals surface area contributed by atoms with Gasteiger partial charge in [-0.3, -0.25) is 14.4 Å². The highest BCUT2D eigenvalue weighted by atomic mass is 16.5. The van der Waals surface area contributed by atoms with Crippen LogP contribution in [0.4, 0.5) is 0 Å². The Morgan fingerprint density at radius 2 is 1.67 bits per heavy atom. The molecule has 2 heterocycles. The average molecular weight is 590 g/mol. The molecule has 0 bridgehead atoms. The highest BCUT2D eigenvalue weighted by molar-refractivity contribution is 5.98. The van der Waals surface area contributed by atoms with Crippen molar-refractivity contribution in [2.45, 2.75) is 64.3 Å². The minimum Gasteiger partial charge on any atom is -0.497 e. The Hall–Kier alpha value is -3.59. The normalized spacial score (nSPS) is 20.8. The number of benzene rings is 1. The van der Waals surface area contributed by atoms with E-state index in [9.17, 15) is 14.4 Å². The lowest BCUT2D eigenvalue weighted by atomic mass is 9.91. The number of likely N-dealkylation sites (tertiary alicyclic amines) is 1. The molecule has 3 amide bonds. The Morgan fingerprint density at radius 1 is 0.930 bits per heavy atom. The van der Waals surface area contributed by atoms with Gasteiger partial charge in [0, 0.05) is 56.3 Å². The quantitative estimate of drug-likeness (QED) is 0.479. The molecule has 2 N–H and O–H groups in total. The van der Waals surface area contributed by atoms with Gasteiger partial charge in [-0.1, -0.05) is 6.08 Å². The largest absolute Gasteiger partial charge is 0.497 e. The maximum absolute atomic E-state index is 13.5. The summed E-state index contributed by atoms with van der Waals surface area (Å²) < 4.78 is 5.26. The van der Waals surface area contributed by atoms with Crippen LogP contribution in [0.1, 0.15) is 68.6 Å². The van der Waals surface area contributed by atoms with Gasteiger partial charge < -0.3 is 30.1 Å². The molecule has 1 aromatic rings. The molecule has 232 valence electrons. The van der Waals surface area contributed by atoms with Crippen LogP contribution in [0.2, 0.25) is 0 Å². The Balaban J connectivity index is 1.31. The van der Waals surface area contributed by atoms with Crippen molar-refractivity contribution in [1.82, 2.24) is 25.3 Å². The molecule has 2 aliphatic carbocycles. The van der Waals surface area contributed by atoms with Gasteiger partial charge in [-0.05, 0) is 107 Å². The van der Waals surface area contributed by atoms with Gasteiger partial charge in [-0.15, -0.1) is 0 Å². The predicted molar refractivity (Wildman–Crippen MR) is 167 cm³/mol. The van der Waals surface area contributed by atoms with Crippen molar-refractivity contribution in [3.63, 3.8) is 0 Å². The molecule has 0 atom stereocenters. The minimum atomic E-state index is -0.231. The van der Waals surface area contributed by atoms with Gasteiger partial charge in [-0.2, -0.15) is 0 Å². The maximum Gasteiger partial charge on any atom is 0.255 e. The van der Waals surface area contributed by atoms with E-state index in [0.717, 1.165) is 89.9 Å². The maximum atomic E-state index is 13.5. The molecule has 4 aliphatic rings. The predicted octanol–water partition coefficient (Wildman–Crippen LogP) is 3.85. The van der Waals surface area contributed by atoms with E-state index < -0.39 is 0 Å². The average Bonchev–Trinajstić information content (AvgIpc) is 3.84. The smallest absolute Gasteiger partial charge is 0.255 e. The Kier molecular flexibility index (Phi) is 10.2. The van der Waals surface area contributed by atoms with Crippen molar-refractivity contribution >= 4 is 17.7 Å². The summed E-state index contributed by atoms with van der Waals surface area (Å²) in [5.41, 5.74) is 3.93. The summed E-state index contributed by atoms with van der Waals surface area (Å²) in [4.78, 5) is 46.5. The van der Waals surface area contributed by atoms with Crippen LogP contribution < -0.4 is 15.4 Å². The van der Waals surface area contributed by atoms with Crippen molar-refractivity contribution in [3.05, 3.63) is 64.5 Å². The topological polar surface area (TPSA) is 94.2 Å². The summed E-state index contributed by atoms with van der Waals surface area (Å²) in [6.07, 6.45) is 10.9. The van der Waals surface area contributed by atoms with Gasteiger partial charge in [0.2, 0.25) is 5.91 Å². The van der Waals surface area contributed by atoms with E-state index in [1.54, 1.807) is 31.4 Å². The van der Waals surface area contributed by atoms with E-state index in [1.807, 2.05) is 17.1 Å². The van der Waals surface area contributed by atoms with E-state index in [-0.39, 0.29) is 23.8 Å². The summed E-state index contributed by atoms with van der Waals surface area (Å²) in [6, 6.07) is 7.28. The summed E-state index contributed by atoms with van der Waals surface area (Å²) >= 11 is 0. The first-order valence-electron chi connectivity index (χ1n) is 15.9. The number of hydrogen-bond donors (Lipinski definition) is 2. The minimum absolute atomic E-state index is 0.0884. The second-order valence-electron chi connectivity index (χ2n) is 12.5. The van der Waals surface area contributed by atoms with Crippen LogP contribution in [0.15, 0.2) is 59.0 Å². The Morgan fingerprint density at radius 3 is 2.37 bits per heavy atom. The van der Waals surface area contributed by atoms with E-state index in [0.29, 0.717) is 34.9 Å². The standard InChI is InChI=1S/C34H47N5O4/c1-24-6-4-7-27(34(42)35-28-10-11-28)23-30(36-33(41)26-8-12-29(43-3)13-9-26)32(24)39-18-14-25(15-19-39)22-31(40)38-17-5-16-37(2)20-21-38/h7-9,12-13,23,25,28H,4-6,10-11,14-22H2,1-3H3,(H,35,42)(H,36,41). The summed E-state index contributed by atoms with van der Waals surface area (Å²) in [7, 11) is 3.72. The zero-order chi connectivity index (χ0) is 30.3. The molecule has 9 nitrogen and oxygen atoms in total. The number of piperidine rings is 1. The van der Waals surface area contributed by atoms with Crippen LogP contribution in [0.25, 0.3) is 0 Å². The number of carbonyl (C=O) groups is 3. The first-order valence-corrected chi connectivity index (χ1v) is 15.9. The molecular formula is C34H47N5O4. The lowest BCUT2D eigenvalue weighted by Crippen LogP contribution is -2.40. The van der Waals surface area contributed by atoms with Crippen LogP contribution in [0.3, 0.4) is 0 Å². The molecular weight excluding hydrogens is 542 g/mol. The number of nitrogens with one attached hydrogen (secondary N) is 2. The van der Waals surface area contributed by atoms with Gasteiger partial charge in [0.05, 0.1) is 18.5 Å². The number of ether oxygens (including phenoxy) is 1. The number of allylic oxidation sites excluding steroid dienone is 2. The van der Waals surface area contributed by atoms with Crippen LogP contribution >= 0.6 is 0 Å². The third kappa shape index (κ3) is 8.28.